The van der Waals surface area contributed by atoms with Gasteiger partial charge in [-0.25, -0.2) is 4.98 Å². The Kier molecular flexibility index (Phi) is 5.95. The molecule has 2 aromatic carbocycles. The SMILES string of the molecule is Cc1ccc(OCc2nc(C)c(C(=O)N3CCCC3Cc3ccccc3)s2)cc1. The third-order valence-corrected chi connectivity index (χ3v) is 6.49. The molecule has 0 bridgehead atoms. The number of benzene rings is 2. The van der Waals surface area contributed by atoms with Crippen molar-refractivity contribution in [3.05, 3.63) is 81.3 Å². The van der Waals surface area contributed by atoms with E-state index >= 15 is 0 Å². The maximum absolute atomic E-state index is 13.2. The van der Waals surface area contributed by atoms with Crippen LogP contribution in [-0.4, -0.2) is 28.4 Å². The number of carbonyl (C=O) groups excluding carboxylic acids is 1. The van der Waals surface area contributed by atoms with Crippen LogP contribution in [0.4, 0.5) is 0 Å². The van der Waals surface area contributed by atoms with Crippen molar-refractivity contribution in [2.75, 3.05) is 6.54 Å². The van der Waals surface area contributed by atoms with Crippen LogP contribution in [0.5, 0.6) is 5.75 Å². The summed E-state index contributed by atoms with van der Waals surface area (Å²) in [5.74, 6) is 0.929. The predicted molar refractivity (Wildman–Crippen MR) is 117 cm³/mol. The lowest BCUT2D eigenvalue weighted by molar-refractivity contribution is 0.0740. The number of hydrogen-bond donors (Lipinski definition) is 0. The van der Waals surface area contributed by atoms with Gasteiger partial charge >= 0.3 is 0 Å². The molecule has 5 heteroatoms. The minimum absolute atomic E-state index is 0.111. The molecule has 1 aliphatic heterocycles. The Morgan fingerprint density at radius 1 is 1.14 bits per heavy atom. The van der Waals surface area contributed by atoms with Gasteiger partial charge in [0.05, 0.1) is 5.69 Å². The van der Waals surface area contributed by atoms with Gasteiger partial charge in [0.25, 0.3) is 5.91 Å². The van der Waals surface area contributed by atoms with Crippen molar-refractivity contribution < 1.29 is 9.53 Å². The fourth-order valence-corrected chi connectivity index (χ4v) is 4.76. The molecule has 1 unspecified atom stereocenters. The molecule has 2 heterocycles. The van der Waals surface area contributed by atoms with Crippen molar-refractivity contribution in [2.45, 2.75) is 45.8 Å². The second kappa shape index (κ2) is 8.78. The molecule has 0 aliphatic carbocycles. The molecule has 4 nitrogen and oxygen atoms in total. The third kappa shape index (κ3) is 4.67. The van der Waals surface area contributed by atoms with Crippen molar-refractivity contribution in [1.82, 2.24) is 9.88 Å². The number of thiazole rings is 1. The molecule has 1 atom stereocenters. The number of aryl methyl sites for hydroxylation is 2. The molecule has 1 aliphatic rings. The monoisotopic (exact) mass is 406 g/mol. The van der Waals surface area contributed by atoms with Gasteiger partial charge in [0.15, 0.2) is 0 Å². The van der Waals surface area contributed by atoms with E-state index < -0.39 is 0 Å². The van der Waals surface area contributed by atoms with E-state index in [0.29, 0.717) is 6.61 Å². The Morgan fingerprint density at radius 2 is 1.90 bits per heavy atom. The zero-order chi connectivity index (χ0) is 20.2. The molecule has 0 radical (unpaired) electrons. The standard InChI is InChI=1S/C24H26N2O2S/c1-17-10-12-21(13-11-17)28-16-22-25-18(2)23(29-22)24(27)26-14-6-9-20(26)15-19-7-4-3-5-8-19/h3-5,7-8,10-13,20H,6,9,14-16H2,1-2H3. The molecule has 4 rings (SSSR count). The van der Waals surface area contributed by atoms with Crippen molar-refractivity contribution in [1.29, 1.82) is 0 Å². The maximum Gasteiger partial charge on any atom is 0.266 e. The number of hydrogen-bond acceptors (Lipinski definition) is 4. The van der Waals surface area contributed by atoms with Crippen LogP contribution in [0.15, 0.2) is 54.6 Å². The Hall–Kier alpha value is -2.66. The van der Waals surface area contributed by atoms with E-state index in [1.54, 1.807) is 0 Å². The normalized spacial score (nSPS) is 16.2. The van der Waals surface area contributed by atoms with Gasteiger partial charge < -0.3 is 9.64 Å². The van der Waals surface area contributed by atoms with Crippen LogP contribution >= 0.6 is 11.3 Å². The largest absolute Gasteiger partial charge is 0.486 e. The number of amides is 1. The summed E-state index contributed by atoms with van der Waals surface area (Å²) in [5, 5.41) is 0.838. The highest BCUT2D eigenvalue weighted by molar-refractivity contribution is 7.13. The van der Waals surface area contributed by atoms with Crippen LogP contribution in [0.2, 0.25) is 0 Å². The van der Waals surface area contributed by atoms with E-state index in [2.05, 4.69) is 36.2 Å². The van der Waals surface area contributed by atoms with Gasteiger partial charge in [-0.05, 0) is 50.8 Å². The van der Waals surface area contributed by atoms with E-state index in [-0.39, 0.29) is 11.9 Å². The molecule has 3 aromatic rings. The lowest BCUT2D eigenvalue weighted by Gasteiger charge is -2.24. The molecule has 0 saturated carbocycles. The van der Waals surface area contributed by atoms with Crippen LogP contribution in [0.3, 0.4) is 0 Å². The van der Waals surface area contributed by atoms with Crippen LogP contribution in [0, 0.1) is 13.8 Å². The minimum atomic E-state index is 0.111. The number of ether oxygens (including phenoxy) is 1. The van der Waals surface area contributed by atoms with Gasteiger partial charge in [0, 0.05) is 12.6 Å². The highest BCUT2D eigenvalue weighted by atomic mass is 32.1. The summed E-state index contributed by atoms with van der Waals surface area (Å²) in [4.78, 5) is 20.6. The van der Waals surface area contributed by atoms with Gasteiger partial charge in [-0.15, -0.1) is 11.3 Å². The summed E-state index contributed by atoms with van der Waals surface area (Å²) in [7, 11) is 0. The fourth-order valence-electron chi connectivity index (χ4n) is 3.82. The highest BCUT2D eigenvalue weighted by Crippen LogP contribution is 2.27. The molecule has 1 amide bonds. The van der Waals surface area contributed by atoms with Gasteiger partial charge in [0.2, 0.25) is 0 Å². The van der Waals surface area contributed by atoms with Crippen LogP contribution in [-0.2, 0) is 13.0 Å². The highest BCUT2D eigenvalue weighted by Gasteiger charge is 2.31. The lowest BCUT2D eigenvalue weighted by atomic mass is 10.0. The van der Waals surface area contributed by atoms with Crippen molar-refractivity contribution in [3.8, 4) is 5.75 Å². The number of likely N-dealkylation sites (tertiary alicyclic amines) is 1. The summed E-state index contributed by atoms with van der Waals surface area (Å²) in [6, 6.07) is 18.7. The lowest BCUT2D eigenvalue weighted by Crippen LogP contribution is -2.36. The second-order valence-corrected chi connectivity index (χ2v) is 8.69. The molecule has 1 saturated heterocycles. The van der Waals surface area contributed by atoms with E-state index in [1.807, 2.05) is 42.2 Å². The first-order valence-electron chi connectivity index (χ1n) is 10.1. The van der Waals surface area contributed by atoms with Crippen molar-refractivity contribution in [3.63, 3.8) is 0 Å². The maximum atomic E-state index is 13.2. The number of rotatable bonds is 6. The summed E-state index contributed by atoms with van der Waals surface area (Å²) < 4.78 is 5.84. The van der Waals surface area contributed by atoms with E-state index in [9.17, 15) is 4.79 Å². The minimum Gasteiger partial charge on any atom is -0.486 e. The van der Waals surface area contributed by atoms with Gasteiger partial charge in [-0.1, -0.05) is 48.0 Å². The molecule has 0 N–H and O–H groups in total. The molecular weight excluding hydrogens is 380 g/mol. The quantitative estimate of drug-likeness (QED) is 0.566. The Bertz CT molecular complexity index is 966. The van der Waals surface area contributed by atoms with Crippen LogP contribution in [0.1, 0.15) is 44.3 Å². The van der Waals surface area contributed by atoms with Crippen molar-refractivity contribution >= 4 is 17.2 Å². The Balaban J connectivity index is 1.43. The third-order valence-electron chi connectivity index (χ3n) is 5.37. The van der Waals surface area contributed by atoms with Crippen molar-refractivity contribution in [2.24, 2.45) is 0 Å². The van der Waals surface area contributed by atoms with Gasteiger partial charge in [-0.2, -0.15) is 0 Å². The Morgan fingerprint density at radius 3 is 2.66 bits per heavy atom. The fraction of sp³-hybridized carbons (Fsp3) is 0.333. The van der Waals surface area contributed by atoms with E-state index in [0.717, 1.165) is 47.1 Å². The molecule has 1 aromatic heterocycles. The summed E-state index contributed by atoms with van der Waals surface area (Å²) in [6.45, 7) is 5.18. The average molecular weight is 407 g/mol. The smallest absolute Gasteiger partial charge is 0.266 e. The molecule has 150 valence electrons. The van der Waals surface area contributed by atoms with Gasteiger partial charge in [-0.3, -0.25) is 4.79 Å². The number of carbonyl (C=O) groups is 1. The first-order chi connectivity index (χ1) is 14.1. The first-order valence-corrected chi connectivity index (χ1v) is 10.9. The van der Waals surface area contributed by atoms with E-state index in [4.69, 9.17) is 4.74 Å². The van der Waals surface area contributed by atoms with Crippen LogP contribution < -0.4 is 4.74 Å². The molecule has 29 heavy (non-hydrogen) atoms. The second-order valence-electron chi connectivity index (χ2n) is 7.61. The summed E-state index contributed by atoms with van der Waals surface area (Å²) in [5.41, 5.74) is 3.28. The molecule has 0 spiro atoms. The first kappa shape index (κ1) is 19.6. The molecule has 1 fully saturated rings. The predicted octanol–water partition coefficient (Wildman–Crippen LogP) is 5.19. The topological polar surface area (TPSA) is 42.4 Å². The summed E-state index contributed by atoms with van der Waals surface area (Å²) in [6.07, 6.45) is 3.03. The Labute approximate surface area is 176 Å². The average Bonchev–Trinajstić information content (AvgIpc) is 3.34. The zero-order valence-corrected chi connectivity index (χ0v) is 17.7. The van der Waals surface area contributed by atoms with Gasteiger partial charge in [0.1, 0.15) is 22.2 Å². The molecular formula is C24H26N2O2S. The van der Waals surface area contributed by atoms with E-state index in [1.165, 1.54) is 22.5 Å². The zero-order valence-electron chi connectivity index (χ0n) is 16.9. The number of aromatic nitrogens is 1. The summed E-state index contributed by atoms with van der Waals surface area (Å²) >= 11 is 1.46. The number of nitrogens with zero attached hydrogens (tertiary/aromatic N) is 2. The van der Waals surface area contributed by atoms with Crippen LogP contribution in [0.25, 0.3) is 0 Å².